The fourth-order valence-electron chi connectivity index (χ4n) is 1.30. The van der Waals surface area contributed by atoms with Gasteiger partial charge in [-0.25, -0.2) is 4.79 Å². The predicted molar refractivity (Wildman–Crippen MR) is 70.2 cm³/mol. The van der Waals surface area contributed by atoms with Crippen molar-refractivity contribution in [1.29, 1.82) is 0 Å². The molecule has 1 aromatic rings. The summed E-state index contributed by atoms with van der Waals surface area (Å²) < 4.78 is 5.11. The molecule has 0 unspecified atom stereocenters. The first-order valence-electron chi connectivity index (χ1n) is 6.04. The van der Waals surface area contributed by atoms with Gasteiger partial charge in [0.05, 0.1) is 0 Å². The zero-order valence-corrected chi connectivity index (χ0v) is 11.2. The first-order chi connectivity index (χ1) is 8.47. The molecule has 2 N–H and O–H groups in total. The fraction of sp³-hybridized carbons (Fsp3) is 0.538. The van der Waals surface area contributed by atoms with Crippen LogP contribution in [0.25, 0.3) is 0 Å². The molecule has 1 rings (SSSR count). The number of nitrogens with one attached hydrogen (secondary N) is 2. The maximum atomic E-state index is 11.3. The van der Waals surface area contributed by atoms with E-state index in [1.807, 2.05) is 39.1 Å². The number of hydrogen-bond donors (Lipinski definition) is 2. The highest BCUT2D eigenvalue weighted by atomic mass is 16.6. The van der Waals surface area contributed by atoms with E-state index in [1.54, 1.807) is 6.20 Å². The quantitative estimate of drug-likeness (QED) is 0.782. The second-order valence-electron chi connectivity index (χ2n) is 4.97. The van der Waals surface area contributed by atoms with Crippen molar-refractivity contribution in [2.45, 2.75) is 32.9 Å². The highest BCUT2D eigenvalue weighted by Gasteiger charge is 2.15. The predicted octanol–water partition coefficient (Wildman–Crippen LogP) is 1.70. The average molecular weight is 251 g/mol. The number of carbonyl (C=O) groups is 1. The summed E-state index contributed by atoms with van der Waals surface area (Å²) in [7, 11) is 0. The van der Waals surface area contributed by atoms with Crippen LogP contribution in [-0.4, -0.2) is 29.8 Å². The van der Waals surface area contributed by atoms with Crippen LogP contribution in [0.4, 0.5) is 4.79 Å². The minimum Gasteiger partial charge on any atom is -0.444 e. The summed E-state index contributed by atoms with van der Waals surface area (Å²) in [5, 5.41) is 5.90. The minimum absolute atomic E-state index is 0.384. The Bertz CT molecular complexity index is 360. The number of aromatic nitrogens is 1. The third-order valence-corrected chi connectivity index (χ3v) is 2.02. The third-order valence-electron chi connectivity index (χ3n) is 2.02. The number of pyridine rings is 1. The van der Waals surface area contributed by atoms with Crippen LogP contribution in [-0.2, 0) is 11.3 Å². The Balaban J connectivity index is 2.07. The summed E-state index contributed by atoms with van der Waals surface area (Å²) >= 11 is 0. The van der Waals surface area contributed by atoms with E-state index >= 15 is 0 Å². The first kappa shape index (κ1) is 14.4. The van der Waals surface area contributed by atoms with Crippen molar-refractivity contribution in [2.24, 2.45) is 0 Å². The molecule has 100 valence electrons. The number of rotatable bonds is 5. The van der Waals surface area contributed by atoms with E-state index < -0.39 is 5.60 Å². The lowest BCUT2D eigenvalue weighted by Gasteiger charge is -2.19. The van der Waals surface area contributed by atoms with Gasteiger partial charge >= 0.3 is 6.09 Å². The molecule has 1 aromatic heterocycles. The highest BCUT2D eigenvalue weighted by molar-refractivity contribution is 5.67. The third kappa shape index (κ3) is 6.85. The second kappa shape index (κ2) is 6.96. The molecular weight excluding hydrogens is 230 g/mol. The van der Waals surface area contributed by atoms with E-state index in [0.717, 1.165) is 12.1 Å². The molecule has 0 radical (unpaired) electrons. The van der Waals surface area contributed by atoms with Crippen molar-refractivity contribution in [3.8, 4) is 0 Å². The first-order valence-corrected chi connectivity index (χ1v) is 6.04. The lowest BCUT2D eigenvalue weighted by molar-refractivity contribution is 0.0528. The summed E-state index contributed by atoms with van der Waals surface area (Å²) in [6, 6.07) is 3.90. The molecule has 5 nitrogen and oxygen atoms in total. The molecule has 0 aliphatic rings. The Hall–Kier alpha value is -1.62. The summed E-state index contributed by atoms with van der Waals surface area (Å²) in [5.74, 6) is 0. The topological polar surface area (TPSA) is 63.2 Å². The number of ether oxygens (including phenoxy) is 1. The van der Waals surface area contributed by atoms with E-state index in [2.05, 4.69) is 15.6 Å². The molecule has 0 saturated carbocycles. The van der Waals surface area contributed by atoms with E-state index in [1.165, 1.54) is 0 Å². The number of amides is 1. The molecular formula is C13H21N3O2. The summed E-state index contributed by atoms with van der Waals surface area (Å²) in [6.07, 6.45) is 3.17. The lowest BCUT2D eigenvalue weighted by atomic mass is 10.2. The van der Waals surface area contributed by atoms with Crippen molar-refractivity contribution in [2.75, 3.05) is 13.1 Å². The Morgan fingerprint density at radius 3 is 2.78 bits per heavy atom. The maximum absolute atomic E-state index is 11.3. The molecule has 5 heteroatoms. The van der Waals surface area contributed by atoms with Crippen molar-refractivity contribution in [3.05, 3.63) is 30.1 Å². The molecule has 1 amide bonds. The van der Waals surface area contributed by atoms with Crippen molar-refractivity contribution in [1.82, 2.24) is 15.6 Å². The zero-order chi connectivity index (χ0) is 13.4. The van der Waals surface area contributed by atoms with Crippen molar-refractivity contribution in [3.63, 3.8) is 0 Å². The van der Waals surface area contributed by atoms with Gasteiger partial charge in [-0.15, -0.1) is 0 Å². The lowest BCUT2D eigenvalue weighted by Crippen LogP contribution is -2.36. The molecule has 0 bridgehead atoms. The molecule has 0 atom stereocenters. The molecule has 1 heterocycles. The number of nitrogens with zero attached hydrogens (tertiary/aromatic N) is 1. The van der Waals surface area contributed by atoms with Crippen LogP contribution >= 0.6 is 0 Å². The van der Waals surface area contributed by atoms with Crippen LogP contribution in [0.1, 0.15) is 26.3 Å². The number of hydrogen-bond acceptors (Lipinski definition) is 4. The Morgan fingerprint density at radius 2 is 2.17 bits per heavy atom. The van der Waals surface area contributed by atoms with Crippen LogP contribution in [0.15, 0.2) is 24.5 Å². The zero-order valence-electron chi connectivity index (χ0n) is 11.2. The van der Waals surface area contributed by atoms with Gasteiger partial charge in [-0.1, -0.05) is 6.07 Å². The van der Waals surface area contributed by atoms with Gasteiger partial charge < -0.3 is 15.4 Å². The van der Waals surface area contributed by atoms with Gasteiger partial charge in [-0.3, -0.25) is 4.98 Å². The summed E-state index contributed by atoms with van der Waals surface area (Å²) in [6.45, 7) is 7.49. The van der Waals surface area contributed by atoms with Crippen molar-refractivity contribution >= 4 is 6.09 Å². The van der Waals surface area contributed by atoms with Gasteiger partial charge in [-0.2, -0.15) is 0 Å². The van der Waals surface area contributed by atoms with Gasteiger partial charge in [0.1, 0.15) is 5.60 Å². The monoisotopic (exact) mass is 251 g/mol. The Morgan fingerprint density at radius 1 is 1.39 bits per heavy atom. The van der Waals surface area contributed by atoms with Crippen LogP contribution in [0.5, 0.6) is 0 Å². The molecule has 0 aliphatic heterocycles. The molecule has 18 heavy (non-hydrogen) atoms. The minimum atomic E-state index is -0.451. The van der Waals surface area contributed by atoms with Gasteiger partial charge in [0.2, 0.25) is 0 Å². The van der Waals surface area contributed by atoms with E-state index in [-0.39, 0.29) is 6.09 Å². The average Bonchev–Trinajstić information content (AvgIpc) is 2.27. The summed E-state index contributed by atoms with van der Waals surface area (Å²) in [4.78, 5) is 15.3. The molecule has 0 spiro atoms. The second-order valence-corrected chi connectivity index (χ2v) is 4.97. The maximum Gasteiger partial charge on any atom is 0.407 e. The summed E-state index contributed by atoms with van der Waals surface area (Å²) in [5.41, 5.74) is 0.669. The van der Waals surface area contributed by atoms with E-state index in [9.17, 15) is 4.79 Å². The van der Waals surface area contributed by atoms with E-state index in [0.29, 0.717) is 13.1 Å². The van der Waals surface area contributed by atoms with Gasteiger partial charge in [0.15, 0.2) is 0 Å². The highest BCUT2D eigenvalue weighted by Crippen LogP contribution is 2.05. The van der Waals surface area contributed by atoms with E-state index in [4.69, 9.17) is 4.74 Å². The van der Waals surface area contributed by atoms with Crippen LogP contribution < -0.4 is 10.6 Å². The van der Waals surface area contributed by atoms with Gasteiger partial charge in [0.25, 0.3) is 0 Å². The SMILES string of the molecule is CC(C)(C)OC(=O)NCCNCc1cccnc1. The van der Waals surface area contributed by atoms with Crippen molar-refractivity contribution < 1.29 is 9.53 Å². The standard InChI is InChI=1S/C13H21N3O2/c1-13(2,3)18-12(17)16-8-7-15-10-11-5-4-6-14-9-11/h4-6,9,15H,7-8,10H2,1-3H3,(H,16,17). The molecule has 0 aromatic carbocycles. The van der Waals surface area contributed by atoms with Crippen LogP contribution in [0.2, 0.25) is 0 Å². The van der Waals surface area contributed by atoms with Gasteiger partial charge in [-0.05, 0) is 32.4 Å². The molecule has 0 fully saturated rings. The smallest absolute Gasteiger partial charge is 0.407 e. The van der Waals surface area contributed by atoms with Crippen LogP contribution in [0, 0.1) is 0 Å². The number of alkyl carbamates (subject to hydrolysis) is 1. The largest absolute Gasteiger partial charge is 0.444 e. The Kier molecular flexibility index (Phi) is 5.58. The molecule has 0 saturated heterocycles. The normalized spacial score (nSPS) is 11.1. The van der Waals surface area contributed by atoms with Crippen LogP contribution in [0.3, 0.4) is 0 Å². The van der Waals surface area contributed by atoms with Gasteiger partial charge in [0, 0.05) is 32.0 Å². The Labute approximate surface area is 108 Å². The fourth-order valence-corrected chi connectivity index (χ4v) is 1.30. The molecule has 0 aliphatic carbocycles. The number of carbonyl (C=O) groups excluding carboxylic acids is 1.